The van der Waals surface area contributed by atoms with Crippen molar-refractivity contribution < 1.29 is 9.84 Å². The van der Waals surface area contributed by atoms with Crippen molar-refractivity contribution in [1.82, 2.24) is 4.98 Å². The van der Waals surface area contributed by atoms with Gasteiger partial charge in [-0.2, -0.15) is 0 Å². The lowest BCUT2D eigenvalue weighted by Gasteiger charge is -2.02. The van der Waals surface area contributed by atoms with E-state index in [-0.39, 0.29) is 5.88 Å². The zero-order chi connectivity index (χ0) is 9.80. The number of nitrogens with one attached hydrogen (secondary N) is 1. The van der Waals surface area contributed by atoms with E-state index in [9.17, 15) is 0 Å². The third kappa shape index (κ3) is 2.07. The van der Waals surface area contributed by atoms with E-state index in [1.165, 1.54) is 0 Å². The summed E-state index contributed by atoms with van der Waals surface area (Å²) in [4.78, 5) is 2.64. The van der Waals surface area contributed by atoms with Gasteiger partial charge < -0.3 is 14.8 Å². The molecule has 1 aromatic carbocycles. The fourth-order valence-electron chi connectivity index (χ4n) is 1.19. The van der Waals surface area contributed by atoms with Gasteiger partial charge in [0, 0.05) is 12.3 Å². The molecule has 72 valence electrons. The lowest BCUT2D eigenvalue weighted by atomic mass is 10.2. The average molecular weight is 189 g/mol. The minimum Gasteiger partial charge on any atom is -0.494 e. The maximum atomic E-state index is 9.01. The smallest absolute Gasteiger partial charge is 0.192 e. The molecule has 0 fully saturated rings. The molecule has 0 unspecified atom stereocenters. The summed E-state index contributed by atoms with van der Waals surface area (Å²) in [6, 6.07) is 11.4. The van der Waals surface area contributed by atoms with Gasteiger partial charge in [-0.05, 0) is 5.56 Å². The first-order valence-electron chi connectivity index (χ1n) is 4.39. The second-order valence-electron chi connectivity index (χ2n) is 2.99. The van der Waals surface area contributed by atoms with E-state index >= 15 is 0 Å². The summed E-state index contributed by atoms with van der Waals surface area (Å²) in [6.07, 6.45) is 1.62. The molecule has 0 saturated carbocycles. The Morgan fingerprint density at radius 1 is 1.21 bits per heavy atom. The molecule has 0 spiro atoms. The van der Waals surface area contributed by atoms with Gasteiger partial charge in [0.15, 0.2) is 5.88 Å². The van der Waals surface area contributed by atoms with Gasteiger partial charge >= 0.3 is 0 Å². The van der Waals surface area contributed by atoms with Crippen molar-refractivity contribution in [2.75, 3.05) is 0 Å². The molecule has 1 heterocycles. The fourth-order valence-corrected chi connectivity index (χ4v) is 1.19. The van der Waals surface area contributed by atoms with E-state index in [1.54, 1.807) is 12.3 Å². The monoisotopic (exact) mass is 189 g/mol. The zero-order valence-electron chi connectivity index (χ0n) is 7.60. The summed E-state index contributed by atoms with van der Waals surface area (Å²) >= 11 is 0. The van der Waals surface area contributed by atoms with Crippen molar-refractivity contribution in [3.63, 3.8) is 0 Å². The Kier molecular flexibility index (Phi) is 2.40. The van der Waals surface area contributed by atoms with Gasteiger partial charge in [0.2, 0.25) is 0 Å². The normalized spacial score (nSPS) is 10.0. The van der Waals surface area contributed by atoms with E-state index in [2.05, 4.69) is 4.98 Å². The topological polar surface area (TPSA) is 45.2 Å². The van der Waals surface area contributed by atoms with Crippen LogP contribution in [0.3, 0.4) is 0 Å². The Bertz CT molecular complexity index is 395. The number of benzene rings is 1. The standard InChI is InChI=1S/C11H11NO2/c13-11-6-10(7-12-11)14-8-9-4-2-1-3-5-9/h1-7,12-13H,8H2. The molecule has 0 aliphatic carbocycles. The van der Waals surface area contributed by atoms with Crippen molar-refractivity contribution in [2.45, 2.75) is 6.61 Å². The van der Waals surface area contributed by atoms with Gasteiger partial charge in [-0.3, -0.25) is 0 Å². The molecule has 0 saturated heterocycles. The Hall–Kier alpha value is -1.90. The quantitative estimate of drug-likeness (QED) is 0.778. The Labute approximate surface area is 82.0 Å². The highest BCUT2D eigenvalue weighted by Crippen LogP contribution is 2.17. The molecule has 1 aromatic heterocycles. The third-order valence-electron chi connectivity index (χ3n) is 1.89. The molecular formula is C11H11NO2. The predicted octanol–water partition coefficient (Wildman–Crippen LogP) is 2.30. The molecule has 2 rings (SSSR count). The molecule has 0 amide bonds. The second-order valence-corrected chi connectivity index (χ2v) is 2.99. The molecule has 0 atom stereocenters. The second kappa shape index (κ2) is 3.87. The Balaban J connectivity index is 1.95. The molecule has 0 bridgehead atoms. The van der Waals surface area contributed by atoms with Crippen LogP contribution >= 0.6 is 0 Å². The minimum atomic E-state index is 0.119. The van der Waals surface area contributed by atoms with Crippen LogP contribution in [-0.2, 0) is 6.61 Å². The van der Waals surface area contributed by atoms with Gasteiger partial charge in [-0.25, -0.2) is 0 Å². The van der Waals surface area contributed by atoms with Crippen LogP contribution in [0, 0.1) is 0 Å². The van der Waals surface area contributed by atoms with Crippen molar-refractivity contribution in [3.8, 4) is 11.6 Å². The summed E-state index contributed by atoms with van der Waals surface area (Å²) in [5.41, 5.74) is 1.10. The van der Waals surface area contributed by atoms with Crippen LogP contribution in [0.15, 0.2) is 42.6 Å². The molecule has 14 heavy (non-hydrogen) atoms. The lowest BCUT2D eigenvalue weighted by Crippen LogP contribution is -1.93. The third-order valence-corrected chi connectivity index (χ3v) is 1.89. The van der Waals surface area contributed by atoms with Crippen LogP contribution in [0.1, 0.15) is 5.56 Å². The highest BCUT2D eigenvalue weighted by molar-refractivity contribution is 5.26. The largest absolute Gasteiger partial charge is 0.494 e. The first-order valence-corrected chi connectivity index (χ1v) is 4.39. The molecule has 0 radical (unpaired) electrons. The number of aromatic nitrogens is 1. The maximum absolute atomic E-state index is 9.01. The van der Waals surface area contributed by atoms with Gasteiger partial charge in [-0.15, -0.1) is 0 Å². The predicted molar refractivity (Wildman–Crippen MR) is 53.2 cm³/mol. The lowest BCUT2D eigenvalue weighted by molar-refractivity contribution is 0.306. The van der Waals surface area contributed by atoms with Gasteiger partial charge in [0.1, 0.15) is 12.4 Å². The number of aromatic amines is 1. The molecule has 2 N–H and O–H groups in total. The Morgan fingerprint density at radius 2 is 2.00 bits per heavy atom. The molecule has 0 aliphatic heterocycles. The van der Waals surface area contributed by atoms with Crippen LogP contribution in [0.2, 0.25) is 0 Å². The average Bonchev–Trinajstić information content (AvgIpc) is 2.63. The summed E-state index contributed by atoms with van der Waals surface area (Å²) in [7, 11) is 0. The number of aromatic hydroxyl groups is 1. The van der Waals surface area contributed by atoms with E-state index in [4.69, 9.17) is 9.84 Å². The summed E-state index contributed by atoms with van der Waals surface area (Å²) < 4.78 is 5.42. The van der Waals surface area contributed by atoms with E-state index < -0.39 is 0 Å². The van der Waals surface area contributed by atoms with Crippen molar-refractivity contribution in [1.29, 1.82) is 0 Å². The SMILES string of the molecule is Oc1cc(OCc2ccccc2)c[nH]1. The van der Waals surface area contributed by atoms with Crippen molar-refractivity contribution in [2.24, 2.45) is 0 Å². The van der Waals surface area contributed by atoms with Gasteiger partial charge in [-0.1, -0.05) is 30.3 Å². The minimum absolute atomic E-state index is 0.119. The molecule has 3 heteroatoms. The maximum Gasteiger partial charge on any atom is 0.192 e. The van der Waals surface area contributed by atoms with Crippen molar-refractivity contribution in [3.05, 3.63) is 48.2 Å². The molecular weight excluding hydrogens is 178 g/mol. The van der Waals surface area contributed by atoms with E-state index in [0.717, 1.165) is 5.56 Å². The molecule has 0 aliphatic rings. The summed E-state index contributed by atoms with van der Waals surface area (Å²) in [5.74, 6) is 0.763. The van der Waals surface area contributed by atoms with Crippen LogP contribution < -0.4 is 4.74 Å². The number of H-pyrrole nitrogens is 1. The van der Waals surface area contributed by atoms with Gasteiger partial charge in [0.05, 0.1) is 0 Å². The number of hydrogen-bond donors (Lipinski definition) is 2. The number of ether oxygens (including phenoxy) is 1. The number of hydrogen-bond acceptors (Lipinski definition) is 2. The van der Waals surface area contributed by atoms with Gasteiger partial charge in [0.25, 0.3) is 0 Å². The van der Waals surface area contributed by atoms with Crippen molar-refractivity contribution >= 4 is 0 Å². The van der Waals surface area contributed by atoms with Crippen LogP contribution in [0.4, 0.5) is 0 Å². The fraction of sp³-hybridized carbons (Fsp3) is 0.0909. The summed E-state index contributed by atoms with van der Waals surface area (Å²) in [5, 5.41) is 9.01. The summed E-state index contributed by atoms with van der Waals surface area (Å²) in [6.45, 7) is 0.512. The van der Waals surface area contributed by atoms with Crippen LogP contribution in [-0.4, -0.2) is 10.1 Å². The molecule has 3 nitrogen and oxygen atoms in total. The van der Waals surface area contributed by atoms with Crippen LogP contribution in [0.5, 0.6) is 11.6 Å². The highest BCUT2D eigenvalue weighted by Gasteiger charge is 1.97. The first kappa shape index (κ1) is 8.69. The van der Waals surface area contributed by atoms with Crippen LogP contribution in [0.25, 0.3) is 0 Å². The van der Waals surface area contributed by atoms with E-state index in [1.807, 2.05) is 30.3 Å². The highest BCUT2D eigenvalue weighted by atomic mass is 16.5. The van der Waals surface area contributed by atoms with E-state index in [0.29, 0.717) is 12.4 Å². The molecule has 2 aromatic rings. The Morgan fingerprint density at radius 3 is 2.64 bits per heavy atom. The number of rotatable bonds is 3. The zero-order valence-corrected chi connectivity index (χ0v) is 7.60. The first-order chi connectivity index (χ1) is 6.84.